The molecule has 0 heterocycles. The minimum atomic E-state index is -3.30. The highest BCUT2D eigenvalue weighted by Crippen LogP contribution is 2.26. The number of sulfonamides is 1. The van der Waals surface area contributed by atoms with Crippen molar-refractivity contribution in [1.82, 2.24) is 10.0 Å². The van der Waals surface area contributed by atoms with Crippen molar-refractivity contribution in [3.63, 3.8) is 0 Å². The fourth-order valence-corrected chi connectivity index (χ4v) is 3.25. The van der Waals surface area contributed by atoms with Crippen LogP contribution in [-0.4, -0.2) is 21.4 Å². The summed E-state index contributed by atoms with van der Waals surface area (Å²) in [6, 6.07) is 12.2. The Morgan fingerprint density at radius 3 is 2.38 bits per heavy atom. The number of carbonyl (C=O) groups is 1. The van der Waals surface area contributed by atoms with E-state index in [4.69, 9.17) is 23.2 Å². The molecule has 0 aliphatic heterocycles. The third-order valence-corrected chi connectivity index (χ3v) is 5.72. The van der Waals surface area contributed by atoms with E-state index in [0.29, 0.717) is 27.7 Å². The molecule has 0 aliphatic rings. The van der Waals surface area contributed by atoms with E-state index in [9.17, 15) is 13.2 Å². The molecule has 0 atom stereocenters. The van der Waals surface area contributed by atoms with Gasteiger partial charge in [-0.05, 0) is 35.9 Å². The molecule has 0 saturated heterocycles. The van der Waals surface area contributed by atoms with E-state index in [1.54, 1.807) is 48.5 Å². The van der Waals surface area contributed by atoms with Gasteiger partial charge in [0.05, 0.1) is 15.8 Å². The second-order valence-corrected chi connectivity index (χ2v) is 8.19. The summed E-state index contributed by atoms with van der Waals surface area (Å²) in [5, 5.41) is 3.57. The van der Waals surface area contributed by atoms with Crippen molar-refractivity contribution in [1.29, 1.82) is 0 Å². The van der Waals surface area contributed by atoms with Crippen molar-refractivity contribution in [2.75, 3.05) is 7.05 Å². The van der Waals surface area contributed by atoms with Gasteiger partial charge in [0, 0.05) is 12.6 Å². The Morgan fingerprint density at radius 2 is 1.73 bits per heavy atom. The minimum Gasteiger partial charge on any atom is -0.348 e. The summed E-state index contributed by atoms with van der Waals surface area (Å²) in [6.45, 7) is 0.325. The number of halogens is 2. The van der Waals surface area contributed by atoms with Gasteiger partial charge in [-0.15, -0.1) is 0 Å². The summed E-state index contributed by atoms with van der Waals surface area (Å²) in [4.78, 5) is 11.9. The van der Waals surface area contributed by atoms with Crippen LogP contribution in [0, 0.1) is 0 Å². The molecule has 2 aromatic rings. The minimum absolute atomic E-state index is 0.0841. The molecule has 0 radical (unpaired) electrons. The predicted molar refractivity (Wildman–Crippen MR) is 105 cm³/mol. The Bertz CT molecular complexity index is 911. The summed E-state index contributed by atoms with van der Waals surface area (Å²) in [7, 11) is -1.92. The number of carbonyl (C=O) groups excluding carboxylic acids is 1. The van der Waals surface area contributed by atoms with Crippen LogP contribution >= 0.6 is 23.2 Å². The number of hydrogen-bond acceptors (Lipinski definition) is 3. The zero-order chi connectivity index (χ0) is 19.2. The van der Waals surface area contributed by atoms with E-state index < -0.39 is 10.0 Å². The number of amides is 1. The largest absolute Gasteiger partial charge is 0.348 e. The highest BCUT2D eigenvalue weighted by Gasteiger charge is 2.08. The fraction of sp³-hybridized carbons (Fsp3) is 0.167. The van der Waals surface area contributed by atoms with Crippen LogP contribution in [0.25, 0.3) is 6.08 Å². The number of nitrogens with one attached hydrogen (secondary N) is 2. The summed E-state index contributed by atoms with van der Waals surface area (Å²) in [5.74, 6) is -0.359. The molecular weight excluding hydrogens is 395 g/mol. The van der Waals surface area contributed by atoms with Gasteiger partial charge in [-0.1, -0.05) is 59.6 Å². The van der Waals surface area contributed by atoms with Crippen LogP contribution in [0.3, 0.4) is 0 Å². The molecule has 5 nitrogen and oxygen atoms in total. The number of rotatable bonds is 7. The van der Waals surface area contributed by atoms with Gasteiger partial charge >= 0.3 is 0 Å². The number of hydrogen-bond donors (Lipinski definition) is 2. The lowest BCUT2D eigenvalue weighted by molar-refractivity contribution is -0.116. The van der Waals surface area contributed by atoms with E-state index >= 15 is 0 Å². The predicted octanol–water partition coefficient (Wildman–Crippen LogP) is 3.37. The SMILES string of the molecule is CNS(=O)(=O)Cc1ccc(CNC(=O)/C=C/c2cccc(Cl)c2Cl)cc1. The second kappa shape index (κ2) is 9.19. The van der Waals surface area contributed by atoms with Gasteiger partial charge in [-0.2, -0.15) is 0 Å². The zero-order valence-corrected chi connectivity index (χ0v) is 16.3. The Labute approximate surface area is 163 Å². The Balaban J connectivity index is 1.91. The van der Waals surface area contributed by atoms with Gasteiger partial charge in [0.2, 0.25) is 15.9 Å². The smallest absolute Gasteiger partial charge is 0.244 e. The molecule has 0 saturated carbocycles. The second-order valence-electron chi connectivity index (χ2n) is 5.47. The summed E-state index contributed by atoms with van der Waals surface area (Å²) in [5.41, 5.74) is 2.19. The fourth-order valence-electron chi connectivity index (χ4n) is 2.11. The van der Waals surface area contributed by atoms with Crippen molar-refractivity contribution >= 4 is 45.2 Å². The van der Waals surface area contributed by atoms with Crippen molar-refractivity contribution in [2.24, 2.45) is 0 Å². The van der Waals surface area contributed by atoms with Crippen LogP contribution in [0.2, 0.25) is 10.0 Å². The third-order valence-electron chi connectivity index (χ3n) is 3.55. The zero-order valence-electron chi connectivity index (χ0n) is 14.0. The molecule has 0 aromatic heterocycles. The summed E-state index contributed by atoms with van der Waals surface area (Å²) in [6.07, 6.45) is 2.97. The first-order valence-corrected chi connectivity index (χ1v) is 10.1. The first kappa shape index (κ1) is 20.5. The molecule has 0 spiro atoms. The maximum Gasteiger partial charge on any atom is 0.244 e. The van der Waals surface area contributed by atoms with Gasteiger partial charge in [0.1, 0.15) is 0 Å². The van der Waals surface area contributed by atoms with Gasteiger partial charge in [0.15, 0.2) is 0 Å². The summed E-state index contributed by atoms with van der Waals surface area (Å²) < 4.78 is 25.3. The normalized spacial score (nSPS) is 11.7. The highest BCUT2D eigenvalue weighted by atomic mass is 35.5. The topological polar surface area (TPSA) is 75.3 Å². The molecule has 2 aromatic carbocycles. The average molecular weight is 413 g/mol. The maximum atomic E-state index is 11.9. The average Bonchev–Trinajstić information content (AvgIpc) is 2.62. The molecule has 1 amide bonds. The lowest BCUT2D eigenvalue weighted by Gasteiger charge is -2.06. The van der Waals surface area contributed by atoms with Crippen molar-refractivity contribution in [3.05, 3.63) is 75.3 Å². The number of benzene rings is 2. The van der Waals surface area contributed by atoms with Gasteiger partial charge in [-0.25, -0.2) is 13.1 Å². The third kappa shape index (κ3) is 6.14. The van der Waals surface area contributed by atoms with Gasteiger partial charge < -0.3 is 5.32 Å². The molecule has 26 heavy (non-hydrogen) atoms. The van der Waals surface area contributed by atoms with Crippen molar-refractivity contribution in [3.8, 4) is 0 Å². The van der Waals surface area contributed by atoms with Crippen molar-refractivity contribution < 1.29 is 13.2 Å². The van der Waals surface area contributed by atoms with E-state index in [1.165, 1.54) is 13.1 Å². The molecule has 0 unspecified atom stereocenters. The van der Waals surface area contributed by atoms with E-state index in [-0.39, 0.29) is 11.7 Å². The monoisotopic (exact) mass is 412 g/mol. The van der Waals surface area contributed by atoms with Crippen LogP contribution in [0.15, 0.2) is 48.5 Å². The first-order chi connectivity index (χ1) is 12.3. The molecule has 0 bridgehead atoms. The standard InChI is InChI=1S/C18H18Cl2N2O3S/c1-21-26(24,25)12-14-7-5-13(6-8-14)11-22-17(23)10-9-15-3-2-4-16(19)18(15)20/h2-10,21H,11-12H2,1H3,(H,22,23)/b10-9+. The van der Waals surface area contributed by atoms with E-state index in [0.717, 1.165) is 5.56 Å². The van der Waals surface area contributed by atoms with Crippen LogP contribution in [0.4, 0.5) is 0 Å². The molecule has 8 heteroatoms. The molecule has 138 valence electrons. The van der Waals surface area contributed by atoms with E-state index in [2.05, 4.69) is 10.0 Å². The Hall–Kier alpha value is -1.86. The molecular formula is C18H18Cl2N2O3S. The van der Waals surface area contributed by atoms with Crippen molar-refractivity contribution in [2.45, 2.75) is 12.3 Å². The van der Waals surface area contributed by atoms with E-state index in [1.807, 2.05) is 0 Å². The quantitative estimate of drug-likeness (QED) is 0.684. The lowest BCUT2D eigenvalue weighted by Crippen LogP contribution is -2.21. The van der Waals surface area contributed by atoms with Crippen LogP contribution in [-0.2, 0) is 27.1 Å². The molecule has 0 aliphatic carbocycles. The lowest BCUT2D eigenvalue weighted by atomic mass is 10.1. The highest BCUT2D eigenvalue weighted by molar-refractivity contribution is 7.88. The Morgan fingerprint density at radius 1 is 1.08 bits per heavy atom. The Kier molecular flexibility index (Phi) is 7.23. The van der Waals surface area contributed by atoms with Crippen LogP contribution in [0.5, 0.6) is 0 Å². The molecule has 2 rings (SSSR count). The maximum absolute atomic E-state index is 11.9. The molecule has 0 fully saturated rings. The van der Waals surface area contributed by atoms with Crippen LogP contribution in [0.1, 0.15) is 16.7 Å². The van der Waals surface area contributed by atoms with Crippen LogP contribution < -0.4 is 10.0 Å². The summed E-state index contributed by atoms with van der Waals surface area (Å²) >= 11 is 12.0. The van der Waals surface area contributed by atoms with Gasteiger partial charge in [-0.3, -0.25) is 4.79 Å². The first-order valence-electron chi connectivity index (χ1n) is 7.69. The van der Waals surface area contributed by atoms with Gasteiger partial charge in [0.25, 0.3) is 0 Å². The molecule has 2 N–H and O–H groups in total.